The number of nitrogens with zero attached hydrogens (tertiary/aromatic N) is 2. The van der Waals surface area contributed by atoms with Crippen LogP contribution in [-0.2, 0) is 11.2 Å². The highest BCUT2D eigenvalue weighted by atomic mass is 16.2. The Hall–Kier alpha value is -3.74. The van der Waals surface area contributed by atoms with Gasteiger partial charge in [-0.1, -0.05) is 25.1 Å². The number of anilines is 4. The molecule has 2 amide bonds. The minimum atomic E-state index is -0.306. The van der Waals surface area contributed by atoms with Gasteiger partial charge in [0.25, 0.3) is 5.91 Å². The second kappa shape index (κ2) is 8.77. The lowest BCUT2D eigenvalue weighted by Gasteiger charge is -2.10. The molecule has 0 bridgehead atoms. The molecule has 28 heavy (non-hydrogen) atoms. The van der Waals surface area contributed by atoms with Crippen molar-refractivity contribution in [3.63, 3.8) is 0 Å². The van der Waals surface area contributed by atoms with Crippen molar-refractivity contribution in [3.05, 3.63) is 72.2 Å². The maximum absolute atomic E-state index is 12.4. The van der Waals surface area contributed by atoms with E-state index < -0.39 is 0 Å². The summed E-state index contributed by atoms with van der Waals surface area (Å²) in [5, 5.41) is 8.68. The highest BCUT2D eigenvalue weighted by Crippen LogP contribution is 2.18. The molecule has 0 unspecified atom stereocenters. The van der Waals surface area contributed by atoms with E-state index in [0.717, 1.165) is 23.4 Å². The van der Waals surface area contributed by atoms with E-state index in [1.165, 1.54) is 19.3 Å². The van der Waals surface area contributed by atoms with E-state index in [0.29, 0.717) is 11.5 Å². The van der Waals surface area contributed by atoms with Crippen LogP contribution in [0.15, 0.2) is 60.9 Å². The zero-order valence-electron chi connectivity index (χ0n) is 15.7. The first-order chi connectivity index (χ1) is 13.5. The van der Waals surface area contributed by atoms with Crippen molar-refractivity contribution in [1.82, 2.24) is 9.97 Å². The Balaban J connectivity index is 1.64. The van der Waals surface area contributed by atoms with Crippen molar-refractivity contribution < 1.29 is 9.59 Å². The molecule has 0 atom stereocenters. The largest absolute Gasteiger partial charge is 0.339 e. The first-order valence-corrected chi connectivity index (χ1v) is 8.91. The molecule has 0 aliphatic heterocycles. The normalized spacial score (nSPS) is 10.2. The number of rotatable bonds is 6. The molecule has 0 fully saturated rings. The van der Waals surface area contributed by atoms with Gasteiger partial charge >= 0.3 is 0 Å². The van der Waals surface area contributed by atoms with E-state index >= 15 is 0 Å². The van der Waals surface area contributed by atoms with E-state index in [1.807, 2.05) is 43.3 Å². The third kappa shape index (κ3) is 4.91. The van der Waals surface area contributed by atoms with E-state index in [-0.39, 0.29) is 17.5 Å². The number of aromatic nitrogens is 2. The molecule has 1 aromatic heterocycles. The maximum atomic E-state index is 12.4. The number of nitrogens with one attached hydrogen (secondary N) is 3. The molecule has 1 heterocycles. The molecule has 0 aliphatic rings. The predicted octanol–water partition coefficient (Wildman–Crippen LogP) is 3.99. The molecule has 3 aromatic rings. The van der Waals surface area contributed by atoms with Gasteiger partial charge < -0.3 is 16.0 Å². The van der Waals surface area contributed by atoms with Gasteiger partial charge in [-0.25, -0.2) is 9.97 Å². The molecule has 7 nitrogen and oxygen atoms in total. The zero-order valence-corrected chi connectivity index (χ0v) is 15.7. The van der Waals surface area contributed by atoms with Crippen molar-refractivity contribution >= 4 is 34.7 Å². The van der Waals surface area contributed by atoms with Gasteiger partial charge in [-0.15, -0.1) is 0 Å². The van der Waals surface area contributed by atoms with E-state index in [2.05, 4.69) is 25.9 Å². The lowest BCUT2D eigenvalue weighted by molar-refractivity contribution is -0.114. The number of amides is 2. The molecule has 0 radical (unpaired) electrons. The van der Waals surface area contributed by atoms with Crippen LogP contribution in [0.4, 0.5) is 22.9 Å². The van der Waals surface area contributed by atoms with Crippen molar-refractivity contribution in [2.75, 3.05) is 16.0 Å². The average molecular weight is 375 g/mol. The SMILES string of the molecule is CCc1ccccc1NC(=O)c1cnc(Nc2ccc(NC(C)=O)cc2)cn1. The molecule has 0 saturated heterocycles. The number of aryl methyl sites for hydroxylation is 1. The average Bonchev–Trinajstić information content (AvgIpc) is 2.70. The quantitative estimate of drug-likeness (QED) is 0.605. The summed E-state index contributed by atoms with van der Waals surface area (Å²) >= 11 is 0. The smallest absolute Gasteiger partial charge is 0.275 e. The third-order valence-electron chi connectivity index (χ3n) is 4.01. The summed E-state index contributed by atoms with van der Waals surface area (Å²) in [6.45, 7) is 3.49. The topological polar surface area (TPSA) is 96.0 Å². The second-order valence-corrected chi connectivity index (χ2v) is 6.14. The summed E-state index contributed by atoms with van der Waals surface area (Å²) < 4.78 is 0. The van der Waals surface area contributed by atoms with Gasteiger partial charge in [-0.05, 0) is 42.3 Å². The van der Waals surface area contributed by atoms with Gasteiger partial charge in [-0.2, -0.15) is 0 Å². The van der Waals surface area contributed by atoms with Crippen LogP contribution in [0.25, 0.3) is 0 Å². The van der Waals surface area contributed by atoms with Crippen molar-refractivity contribution in [1.29, 1.82) is 0 Å². The minimum Gasteiger partial charge on any atom is -0.339 e. The van der Waals surface area contributed by atoms with Gasteiger partial charge in [-0.3, -0.25) is 9.59 Å². The first kappa shape index (κ1) is 19.0. The molecule has 142 valence electrons. The van der Waals surface area contributed by atoms with Crippen molar-refractivity contribution in [2.45, 2.75) is 20.3 Å². The van der Waals surface area contributed by atoms with Crippen LogP contribution in [0.3, 0.4) is 0 Å². The minimum absolute atomic E-state index is 0.123. The summed E-state index contributed by atoms with van der Waals surface area (Å²) in [6.07, 6.45) is 3.76. The van der Waals surface area contributed by atoms with Gasteiger partial charge in [0.1, 0.15) is 11.5 Å². The van der Waals surface area contributed by atoms with E-state index in [4.69, 9.17) is 0 Å². The molecule has 0 spiro atoms. The van der Waals surface area contributed by atoms with E-state index in [1.54, 1.807) is 12.1 Å². The Bertz CT molecular complexity index is 969. The predicted molar refractivity (Wildman–Crippen MR) is 110 cm³/mol. The van der Waals surface area contributed by atoms with Gasteiger partial charge in [0.2, 0.25) is 5.91 Å². The Labute approximate surface area is 163 Å². The Morgan fingerprint density at radius 2 is 1.61 bits per heavy atom. The molecular formula is C21H21N5O2. The second-order valence-electron chi connectivity index (χ2n) is 6.14. The fourth-order valence-electron chi connectivity index (χ4n) is 2.63. The summed E-state index contributed by atoms with van der Waals surface area (Å²) in [7, 11) is 0. The molecule has 0 saturated carbocycles. The number of carbonyl (C=O) groups is 2. The van der Waals surface area contributed by atoms with Gasteiger partial charge in [0.05, 0.1) is 12.4 Å². The number of benzene rings is 2. The van der Waals surface area contributed by atoms with Crippen LogP contribution in [0.2, 0.25) is 0 Å². The first-order valence-electron chi connectivity index (χ1n) is 8.91. The van der Waals surface area contributed by atoms with Crippen LogP contribution in [0.1, 0.15) is 29.9 Å². The summed E-state index contributed by atoms with van der Waals surface area (Å²) in [4.78, 5) is 31.9. The third-order valence-corrected chi connectivity index (χ3v) is 4.01. The fraction of sp³-hybridized carbons (Fsp3) is 0.143. The summed E-state index contributed by atoms with van der Waals surface area (Å²) in [5.41, 5.74) is 3.57. The molecule has 0 aliphatic carbocycles. The number of hydrogen-bond donors (Lipinski definition) is 3. The van der Waals surface area contributed by atoms with Gasteiger partial charge in [0, 0.05) is 24.0 Å². The number of hydrogen-bond acceptors (Lipinski definition) is 5. The number of carbonyl (C=O) groups excluding carboxylic acids is 2. The summed E-state index contributed by atoms with van der Waals surface area (Å²) in [5.74, 6) is 0.0828. The lowest BCUT2D eigenvalue weighted by atomic mass is 10.1. The molecule has 2 aromatic carbocycles. The summed E-state index contributed by atoms with van der Waals surface area (Å²) in [6, 6.07) is 14.9. The highest BCUT2D eigenvalue weighted by molar-refractivity contribution is 6.03. The van der Waals surface area contributed by atoms with Crippen LogP contribution < -0.4 is 16.0 Å². The maximum Gasteiger partial charge on any atom is 0.275 e. The van der Waals surface area contributed by atoms with Crippen molar-refractivity contribution in [3.8, 4) is 0 Å². The van der Waals surface area contributed by atoms with Crippen molar-refractivity contribution in [2.24, 2.45) is 0 Å². The Kier molecular flexibility index (Phi) is 5.96. The lowest BCUT2D eigenvalue weighted by Crippen LogP contribution is -2.15. The fourth-order valence-corrected chi connectivity index (χ4v) is 2.63. The molecule has 3 N–H and O–H groups in total. The molecule has 7 heteroatoms. The molecular weight excluding hydrogens is 354 g/mol. The van der Waals surface area contributed by atoms with E-state index in [9.17, 15) is 9.59 Å². The monoisotopic (exact) mass is 375 g/mol. The van der Waals surface area contributed by atoms with Crippen LogP contribution in [-0.4, -0.2) is 21.8 Å². The van der Waals surface area contributed by atoms with Crippen LogP contribution >= 0.6 is 0 Å². The Morgan fingerprint density at radius 3 is 2.25 bits per heavy atom. The van der Waals surface area contributed by atoms with Crippen LogP contribution in [0, 0.1) is 0 Å². The Morgan fingerprint density at radius 1 is 0.893 bits per heavy atom. The van der Waals surface area contributed by atoms with Crippen LogP contribution in [0.5, 0.6) is 0 Å². The number of para-hydroxylation sites is 1. The highest BCUT2D eigenvalue weighted by Gasteiger charge is 2.10. The van der Waals surface area contributed by atoms with Gasteiger partial charge in [0.15, 0.2) is 0 Å². The zero-order chi connectivity index (χ0) is 19.9. The standard InChI is InChI=1S/C21H21N5O2/c1-3-15-6-4-5-7-18(15)26-21(28)19-12-23-20(13-22-19)25-17-10-8-16(9-11-17)24-14(2)27/h4-13H,3H2,1-2H3,(H,23,25)(H,24,27)(H,26,28). The molecule has 3 rings (SSSR count).